The van der Waals surface area contributed by atoms with Crippen LogP contribution in [0, 0.1) is 38.5 Å². The molecule has 0 aliphatic heterocycles. The van der Waals surface area contributed by atoms with Crippen LogP contribution in [-0.4, -0.2) is 26.9 Å². The summed E-state index contributed by atoms with van der Waals surface area (Å²) in [5.41, 5.74) is 3.42. The molecule has 2 N–H and O–H groups in total. The molecule has 2 atom stereocenters. The highest BCUT2D eigenvalue weighted by Crippen LogP contribution is 2.35. The molecule has 5 nitrogen and oxygen atoms in total. The summed E-state index contributed by atoms with van der Waals surface area (Å²) in [5, 5.41) is 21.4. The topological polar surface area (TPSA) is 83.6 Å². The van der Waals surface area contributed by atoms with Crippen molar-refractivity contribution < 1.29 is 19.4 Å². The maximum absolute atomic E-state index is 12.1. The number of carboxylic acids is 1. The van der Waals surface area contributed by atoms with Crippen molar-refractivity contribution in [2.75, 3.05) is 5.75 Å². The highest BCUT2D eigenvalue weighted by molar-refractivity contribution is 7.99. The molecule has 158 valence electrons. The van der Waals surface area contributed by atoms with E-state index in [2.05, 4.69) is 25.8 Å². The maximum atomic E-state index is 12.1. The number of aromatic nitrogens is 1. The Balaban J connectivity index is 2.32. The fourth-order valence-corrected chi connectivity index (χ4v) is 4.89. The molecule has 6 heteroatoms. The SMILES string of the molecule is Cc1cc(C)c(/C(C(=O)O)=C(\O)CC(C(C)C)C(C)CSc2ncco2)c(C)c1. The number of hydrogen-bond acceptors (Lipinski definition) is 5. The molecule has 0 saturated heterocycles. The van der Waals surface area contributed by atoms with E-state index in [1.54, 1.807) is 12.5 Å². The minimum atomic E-state index is -1.10. The lowest BCUT2D eigenvalue weighted by molar-refractivity contribution is -0.130. The van der Waals surface area contributed by atoms with E-state index >= 15 is 0 Å². The number of aliphatic hydroxyl groups is 1. The highest BCUT2D eigenvalue weighted by atomic mass is 32.2. The van der Waals surface area contributed by atoms with Crippen molar-refractivity contribution in [1.29, 1.82) is 0 Å². The summed E-state index contributed by atoms with van der Waals surface area (Å²) in [4.78, 5) is 16.2. The molecular formula is C23H31NO4S. The van der Waals surface area contributed by atoms with Crippen LogP contribution in [0.3, 0.4) is 0 Å². The zero-order valence-corrected chi connectivity index (χ0v) is 18.8. The Labute approximate surface area is 177 Å². The molecule has 0 radical (unpaired) electrons. The number of rotatable bonds is 9. The number of carboxylic acid groups (broad SMARTS) is 1. The molecule has 0 spiro atoms. The van der Waals surface area contributed by atoms with E-state index in [0.29, 0.717) is 17.2 Å². The zero-order chi connectivity index (χ0) is 21.7. The molecule has 0 aliphatic rings. The standard InChI is InChI=1S/C23H31NO4S/c1-13(2)18(17(6)12-29-23-24-7-8-28-23)11-19(25)21(22(26)27)20-15(4)9-14(3)10-16(20)5/h7-10,13,17-18,25H,11-12H2,1-6H3,(H,26,27)/b21-19+. The quantitative estimate of drug-likeness (QED) is 0.294. The van der Waals surface area contributed by atoms with E-state index in [4.69, 9.17) is 4.42 Å². The van der Waals surface area contributed by atoms with Gasteiger partial charge in [0.2, 0.25) is 0 Å². The molecule has 0 fully saturated rings. The van der Waals surface area contributed by atoms with Gasteiger partial charge in [0.15, 0.2) is 0 Å². The summed E-state index contributed by atoms with van der Waals surface area (Å²) in [5.74, 6) is 0.276. The number of aliphatic hydroxyl groups excluding tert-OH is 1. The minimum absolute atomic E-state index is 0.0122. The summed E-state index contributed by atoms with van der Waals surface area (Å²) in [6.45, 7) is 12.1. The largest absolute Gasteiger partial charge is 0.511 e. The van der Waals surface area contributed by atoms with Gasteiger partial charge < -0.3 is 14.6 Å². The number of aryl methyl sites for hydroxylation is 3. The number of oxazole rings is 1. The number of carbonyl (C=O) groups is 1. The molecule has 1 aromatic carbocycles. The Morgan fingerprint density at radius 3 is 2.24 bits per heavy atom. The first-order valence-electron chi connectivity index (χ1n) is 9.87. The van der Waals surface area contributed by atoms with Crippen LogP contribution in [0.25, 0.3) is 5.57 Å². The smallest absolute Gasteiger partial charge is 0.339 e. The van der Waals surface area contributed by atoms with Gasteiger partial charge in [0.25, 0.3) is 5.22 Å². The Morgan fingerprint density at radius 1 is 1.14 bits per heavy atom. The molecule has 1 heterocycles. The fraction of sp³-hybridized carbons (Fsp3) is 0.478. The third-order valence-corrected chi connectivity index (χ3v) is 6.47. The van der Waals surface area contributed by atoms with Crippen LogP contribution in [-0.2, 0) is 4.79 Å². The summed E-state index contributed by atoms with van der Waals surface area (Å²) >= 11 is 1.53. The number of aliphatic carboxylic acids is 1. The molecule has 2 unspecified atom stereocenters. The van der Waals surface area contributed by atoms with Crippen LogP contribution in [0.5, 0.6) is 0 Å². The van der Waals surface area contributed by atoms with Crippen LogP contribution >= 0.6 is 11.8 Å². The number of hydrogen-bond donors (Lipinski definition) is 2. The number of allylic oxidation sites excluding steroid dienone is 1. The van der Waals surface area contributed by atoms with Crippen molar-refractivity contribution in [1.82, 2.24) is 4.98 Å². The van der Waals surface area contributed by atoms with Gasteiger partial charge in [-0.15, -0.1) is 0 Å². The zero-order valence-electron chi connectivity index (χ0n) is 18.0. The third-order valence-electron chi connectivity index (χ3n) is 5.33. The molecule has 0 bridgehead atoms. The van der Waals surface area contributed by atoms with Gasteiger partial charge in [-0.25, -0.2) is 9.78 Å². The number of nitrogens with zero attached hydrogens (tertiary/aromatic N) is 1. The van der Waals surface area contributed by atoms with Gasteiger partial charge in [-0.1, -0.05) is 50.2 Å². The van der Waals surface area contributed by atoms with Gasteiger partial charge in [-0.3, -0.25) is 0 Å². The van der Waals surface area contributed by atoms with Crippen molar-refractivity contribution >= 4 is 23.3 Å². The first-order chi connectivity index (χ1) is 13.6. The van der Waals surface area contributed by atoms with Crippen molar-refractivity contribution in [3.8, 4) is 0 Å². The lowest BCUT2D eigenvalue weighted by Gasteiger charge is -2.27. The summed E-state index contributed by atoms with van der Waals surface area (Å²) in [6.07, 6.45) is 3.49. The van der Waals surface area contributed by atoms with Crippen LogP contribution in [0.1, 0.15) is 49.4 Å². The van der Waals surface area contributed by atoms with Gasteiger partial charge in [-0.05, 0) is 55.2 Å². The Bertz CT molecular complexity index is 848. The maximum Gasteiger partial charge on any atom is 0.339 e. The van der Waals surface area contributed by atoms with E-state index in [-0.39, 0.29) is 29.1 Å². The molecule has 1 aromatic heterocycles. The molecule has 0 saturated carbocycles. The van der Waals surface area contributed by atoms with Crippen molar-refractivity contribution in [2.45, 2.75) is 53.2 Å². The molecule has 2 rings (SSSR count). The van der Waals surface area contributed by atoms with Gasteiger partial charge in [0.1, 0.15) is 17.6 Å². The van der Waals surface area contributed by atoms with Crippen LogP contribution in [0.4, 0.5) is 0 Å². The highest BCUT2D eigenvalue weighted by Gasteiger charge is 2.27. The third kappa shape index (κ3) is 5.89. The van der Waals surface area contributed by atoms with Gasteiger partial charge >= 0.3 is 5.97 Å². The molecule has 0 aliphatic carbocycles. The first kappa shape index (κ1) is 23.1. The lowest BCUT2D eigenvalue weighted by Crippen LogP contribution is -2.22. The number of benzene rings is 1. The second kappa shape index (κ2) is 10.0. The predicted octanol–water partition coefficient (Wildman–Crippen LogP) is 6.04. The first-order valence-corrected chi connectivity index (χ1v) is 10.9. The van der Waals surface area contributed by atoms with Gasteiger partial charge in [0, 0.05) is 12.2 Å². The second-order valence-electron chi connectivity index (χ2n) is 8.10. The lowest BCUT2D eigenvalue weighted by atomic mass is 9.81. The Morgan fingerprint density at radius 2 is 1.76 bits per heavy atom. The van der Waals surface area contributed by atoms with E-state index in [0.717, 1.165) is 22.4 Å². The summed E-state index contributed by atoms with van der Waals surface area (Å²) < 4.78 is 5.28. The minimum Gasteiger partial charge on any atom is -0.511 e. The Hall–Kier alpha value is -2.21. The van der Waals surface area contributed by atoms with E-state index in [1.807, 2.05) is 32.9 Å². The van der Waals surface area contributed by atoms with Gasteiger partial charge in [0.05, 0.1) is 6.20 Å². The van der Waals surface area contributed by atoms with Crippen LogP contribution < -0.4 is 0 Å². The van der Waals surface area contributed by atoms with Crippen molar-refractivity contribution in [2.24, 2.45) is 17.8 Å². The Kier molecular flexibility index (Phi) is 7.96. The molecule has 0 amide bonds. The monoisotopic (exact) mass is 417 g/mol. The molecule has 2 aromatic rings. The van der Waals surface area contributed by atoms with E-state index in [1.165, 1.54) is 11.8 Å². The summed E-state index contributed by atoms with van der Waals surface area (Å²) in [7, 11) is 0. The van der Waals surface area contributed by atoms with Crippen molar-refractivity contribution in [3.63, 3.8) is 0 Å². The number of thioether (sulfide) groups is 1. The summed E-state index contributed by atoms with van der Waals surface area (Å²) in [6, 6.07) is 3.90. The van der Waals surface area contributed by atoms with E-state index < -0.39 is 5.97 Å². The van der Waals surface area contributed by atoms with Crippen LogP contribution in [0.15, 0.2) is 40.0 Å². The average molecular weight is 418 g/mol. The van der Waals surface area contributed by atoms with E-state index in [9.17, 15) is 15.0 Å². The van der Waals surface area contributed by atoms with Gasteiger partial charge in [-0.2, -0.15) is 0 Å². The normalized spacial score (nSPS) is 14.6. The fourth-order valence-electron chi connectivity index (χ4n) is 3.98. The molecule has 29 heavy (non-hydrogen) atoms. The predicted molar refractivity (Wildman–Crippen MR) is 117 cm³/mol. The van der Waals surface area contributed by atoms with Crippen LogP contribution in [0.2, 0.25) is 0 Å². The van der Waals surface area contributed by atoms with Crippen molar-refractivity contribution in [3.05, 3.63) is 52.6 Å². The second-order valence-corrected chi connectivity index (χ2v) is 9.07. The average Bonchev–Trinajstić information content (AvgIpc) is 3.13. The molecular weight excluding hydrogens is 386 g/mol.